The fourth-order valence-electron chi connectivity index (χ4n) is 2.57. The number of rotatable bonds is 3. The molecule has 5 heteroatoms. The smallest absolute Gasteiger partial charge is 0.226 e. The van der Waals surface area contributed by atoms with E-state index >= 15 is 0 Å². The second-order valence-corrected chi connectivity index (χ2v) is 5.61. The first-order valence-corrected chi connectivity index (χ1v) is 7.65. The highest BCUT2D eigenvalue weighted by Crippen LogP contribution is 2.25. The summed E-state index contributed by atoms with van der Waals surface area (Å²) in [6.07, 6.45) is 5.44. The summed E-state index contributed by atoms with van der Waals surface area (Å²) in [6.45, 7) is 1.68. The van der Waals surface area contributed by atoms with Crippen molar-refractivity contribution < 1.29 is 0 Å². The van der Waals surface area contributed by atoms with Gasteiger partial charge in [-0.25, -0.2) is 9.97 Å². The number of nitrogens with zero attached hydrogens (tertiary/aromatic N) is 3. The average Bonchev–Trinajstić information content (AvgIpc) is 3.01. The van der Waals surface area contributed by atoms with E-state index in [-0.39, 0.29) is 0 Å². The first kappa shape index (κ1) is 12.6. The van der Waals surface area contributed by atoms with Crippen LogP contribution in [-0.4, -0.2) is 29.1 Å². The molecule has 19 heavy (non-hydrogen) atoms. The van der Waals surface area contributed by atoms with Crippen LogP contribution in [0.1, 0.15) is 19.3 Å². The minimum atomic E-state index is 0.381. The van der Waals surface area contributed by atoms with Crippen LogP contribution in [0.3, 0.4) is 0 Å². The molecule has 0 radical (unpaired) electrons. The van der Waals surface area contributed by atoms with Crippen molar-refractivity contribution in [2.75, 3.05) is 18.0 Å². The molecule has 2 N–H and O–H groups in total. The quantitative estimate of drug-likeness (QED) is 0.934. The number of aromatic nitrogens is 2. The molecule has 0 spiro atoms. The third-order valence-electron chi connectivity index (χ3n) is 3.62. The molecule has 3 rings (SSSR count). The maximum absolute atomic E-state index is 5.87. The Hall–Kier alpha value is -1.46. The normalized spacial score (nSPS) is 19.6. The summed E-state index contributed by atoms with van der Waals surface area (Å²) in [5.74, 6) is 0.818. The van der Waals surface area contributed by atoms with Crippen LogP contribution < -0.4 is 10.6 Å². The van der Waals surface area contributed by atoms with Crippen LogP contribution in [0, 0.1) is 0 Å². The predicted octanol–water partition coefficient (Wildman–Crippen LogP) is 2.52. The van der Waals surface area contributed by atoms with Crippen LogP contribution in [0.5, 0.6) is 0 Å². The van der Waals surface area contributed by atoms with Gasteiger partial charge in [-0.3, -0.25) is 0 Å². The minimum Gasteiger partial charge on any atom is -0.337 e. The zero-order valence-electron chi connectivity index (χ0n) is 10.8. The number of thiophene rings is 1. The number of hydrogen-bond acceptors (Lipinski definition) is 5. The van der Waals surface area contributed by atoms with Crippen molar-refractivity contribution in [3.8, 4) is 11.3 Å². The van der Waals surface area contributed by atoms with Crippen LogP contribution in [0.2, 0.25) is 0 Å². The molecule has 1 aliphatic heterocycles. The van der Waals surface area contributed by atoms with Crippen molar-refractivity contribution in [1.82, 2.24) is 9.97 Å². The van der Waals surface area contributed by atoms with Crippen molar-refractivity contribution in [3.63, 3.8) is 0 Å². The van der Waals surface area contributed by atoms with Crippen LogP contribution in [0.25, 0.3) is 11.3 Å². The molecule has 1 saturated heterocycles. The van der Waals surface area contributed by atoms with Crippen LogP contribution in [0.15, 0.2) is 29.1 Å². The summed E-state index contributed by atoms with van der Waals surface area (Å²) in [5.41, 5.74) is 8.02. The van der Waals surface area contributed by atoms with Gasteiger partial charge in [0.2, 0.25) is 5.95 Å². The molecule has 1 atom stereocenters. The predicted molar refractivity (Wildman–Crippen MR) is 79.4 cm³/mol. The zero-order valence-corrected chi connectivity index (χ0v) is 11.6. The molecule has 1 unspecified atom stereocenters. The van der Waals surface area contributed by atoms with E-state index in [0.29, 0.717) is 12.6 Å². The monoisotopic (exact) mass is 274 g/mol. The standard InChI is InChI=1S/C14H18N4S/c15-9-12-3-1-2-7-18(12)14-16-6-4-13(17-14)11-5-8-19-10-11/h4-6,8,10,12H,1-3,7,9,15H2. The van der Waals surface area contributed by atoms with Crippen LogP contribution >= 0.6 is 11.3 Å². The lowest BCUT2D eigenvalue weighted by Crippen LogP contribution is -2.45. The number of piperidine rings is 1. The Kier molecular flexibility index (Phi) is 3.75. The van der Waals surface area contributed by atoms with Gasteiger partial charge in [-0.2, -0.15) is 11.3 Å². The molecule has 1 fully saturated rings. The van der Waals surface area contributed by atoms with Gasteiger partial charge in [0.25, 0.3) is 0 Å². The molecular formula is C14H18N4S. The van der Waals surface area contributed by atoms with Crippen LogP contribution in [0.4, 0.5) is 5.95 Å². The van der Waals surface area contributed by atoms with E-state index in [1.165, 1.54) is 12.8 Å². The molecule has 2 aromatic rings. The fraction of sp³-hybridized carbons (Fsp3) is 0.429. The van der Waals surface area contributed by atoms with E-state index in [9.17, 15) is 0 Å². The van der Waals surface area contributed by atoms with Gasteiger partial charge in [0.05, 0.1) is 5.69 Å². The maximum atomic E-state index is 5.87. The van der Waals surface area contributed by atoms with E-state index in [4.69, 9.17) is 10.7 Å². The Morgan fingerprint density at radius 2 is 2.32 bits per heavy atom. The Bertz CT molecular complexity index is 526. The molecule has 2 aromatic heterocycles. The number of hydrogen-bond donors (Lipinski definition) is 1. The van der Waals surface area contributed by atoms with Gasteiger partial charge in [0.15, 0.2) is 0 Å². The highest BCUT2D eigenvalue weighted by Gasteiger charge is 2.23. The van der Waals surface area contributed by atoms with Gasteiger partial charge < -0.3 is 10.6 Å². The topological polar surface area (TPSA) is 55.0 Å². The summed E-state index contributed by atoms with van der Waals surface area (Å²) in [4.78, 5) is 11.4. The van der Waals surface area contributed by atoms with Crippen molar-refractivity contribution in [2.24, 2.45) is 5.73 Å². The van der Waals surface area contributed by atoms with Gasteiger partial charge in [0.1, 0.15) is 0 Å². The second kappa shape index (κ2) is 5.67. The van der Waals surface area contributed by atoms with Gasteiger partial charge in [-0.1, -0.05) is 0 Å². The first-order valence-electron chi connectivity index (χ1n) is 6.71. The lowest BCUT2D eigenvalue weighted by molar-refractivity contribution is 0.458. The van der Waals surface area contributed by atoms with Crippen LogP contribution in [-0.2, 0) is 0 Å². The van der Waals surface area contributed by atoms with E-state index in [1.807, 2.05) is 12.3 Å². The SMILES string of the molecule is NCC1CCCCN1c1nccc(-c2ccsc2)n1. The van der Waals surface area contributed by atoms with E-state index in [0.717, 1.165) is 30.2 Å². The molecule has 100 valence electrons. The van der Waals surface area contributed by atoms with Crippen molar-refractivity contribution in [3.05, 3.63) is 29.1 Å². The van der Waals surface area contributed by atoms with Gasteiger partial charge in [-0.15, -0.1) is 0 Å². The summed E-state index contributed by atoms with van der Waals surface area (Å²) >= 11 is 1.69. The van der Waals surface area contributed by atoms with Gasteiger partial charge >= 0.3 is 0 Å². The lowest BCUT2D eigenvalue weighted by atomic mass is 10.0. The largest absolute Gasteiger partial charge is 0.337 e. The minimum absolute atomic E-state index is 0.381. The molecule has 0 saturated carbocycles. The molecule has 3 heterocycles. The van der Waals surface area contributed by atoms with E-state index < -0.39 is 0 Å². The zero-order chi connectivity index (χ0) is 13.1. The van der Waals surface area contributed by atoms with Crippen molar-refractivity contribution in [1.29, 1.82) is 0 Å². The lowest BCUT2D eigenvalue weighted by Gasteiger charge is -2.35. The highest BCUT2D eigenvalue weighted by atomic mass is 32.1. The average molecular weight is 274 g/mol. The maximum Gasteiger partial charge on any atom is 0.226 e. The van der Waals surface area contributed by atoms with Gasteiger partial charge in [-0.05, 0) is 36.8 Å². The molecule has 0 aromatic carbocycles. The third kappa shape index (κ3) is 2.62. The van der Waals surface area contributed by atoms with Crippen molar-refractivity contribution in [2.45, 2.75) is 25.3 Å². The molecule has 1 aliphatic rings. The number of anilines is 1. The molecular weight excluding hydrogens is 256 g/mol. The fourth-order valence-corrected chi connectivity index (χ4v) is 3.22. The summed E-state index contributed by atoms with van der Waals surface area (Å²) in [5, 5.41) is 4.18. The number of nitrogens with two attached hydrogens (primary N) is 1. The molecule has 0 amide bonds. The Balaban J connectivity index is 1.90. The summed E-state index contributed by atoms with van der Waals surface area (Å²) in [7, 11) is 0. The molecule has 0 aliphatic carbocycles. The van der Waals surface area contributed by atoms with E-state index in [2.05, 4.69) is 26.7 Å². The first-order chi connectivity index (χ1) is 9.38. The van der Waals surface area contributed by atoms with Crippen molar-refractivity contribution >= 4 is 17.3 Å². The molecule has 4 nitrogen and oxygen atoms in total. The highest BCUT2D eigenvalue weighted by molar-refractivity contribution is 7.08. The summed E-state index contributed by atoms with van der Waals surface area (Å²) in [6, 6.07) is 4.44. The Labute approximate surface area is 117 Å². The van der Waals surface area contributed by atoms with E-state index in [1.54, 1.807) is 11.3 Å². The van der Waals surface area contributed by atoms with Gasteiger partial charge in [0, 0.05) is 36.3 Å². The molecule has 0 bridgehead atoms. The Morgan fingerprint density at radius 1 is 1.37 bits per heavy atom. The summed E-state index contributed by atoms with van der Waals surface area (Å²) < 4.78 is 0. The Morgan fingerprint density at radius 3 is 3.11 bits per heavy atom. The second-order valence-electron chi connectivity index (χ2n) is 4.83. The third-order valence-corrected chi connectivity index (χ3v) is 4.30.